The van der Waals surface area contributed by atoms with Gasteiger partial charge in [0.1, 0.15) is 0 Å². The van der Waals surface area contributed by atoms with Crippen molar-refractivity contribution in [2.24, 2.45) is 0 Å². The Morgan fingerprint density at radius 2 is 2.14 bits per heavy atom. The average molecular weight is 480 g/mol. The molecule has 2 aromatic rings. The van der Waals surface area contributed by atoms with E-state index in [9.17, 15) is 0 Å². The molecule has 1 N–H and O–H groups in total. The van der Waals surface area contributed by atoms with E-state index in [1.165, 1.54) is 9.13 Å². The number of hydrogen-bond acceptors (Lipinski definition) is 2. The van der Waals surface area contributed by atoms with Gasteiger partial charge in [-0.25, -0.2) is 0 Å². The summed E-state index contributed by atoms with van der Waals surface area (Å²) in [4.78, 5) is 4.48. The molecule has 0 aliphatic carbocycles. The van der Waals surface area contributed by atoms with Crippen LogP contribution < -0.4 is 5.32 Å². The van der Waals surface area contributed by atoms with Crippen molar-refractivity contribution in [3.05, 3.63) is 60.9 Å². The molecule has 1 unspecified atom stereocenters. The normalized spacial score (nSPS) is 12.4. The van der Waals surface area contributed by atoms with Gasteiger partial charge in [0, 0.05) is 37.4 Å². The Hall–Kier alpha value is -0.170. The van der Waals surface area contributed by atoms with Crippen LogP contribution in [0.2, 0.25) is 5.02 Å². The molecule has 0 amide bonds. The second kappa shape index (κ2) is 8.46. The van der Waals surface area contributed by atoms with E-state index >= 15 is 0 Å². The Balaban J connectivity index is 2.25. The first kappa shape index (κ1) is 17.2. The van der Waals surface area contributed by atoms with Crippen molar-refractivity contribution >= 4 is 50.1 Å². The lowest BCUT2D eigenvalue weighted by Crippen LogP contribution is -2.25. The van der Waals surface area contributed by atoms with Gasteiger partial charge >= 0.3 is 0 Å². The zero-order valence-electron chi connectivity index (χ0n) is 11.7. The Kier molecular flexibility index (Phi) is 6.92. The first-order valence-corrected chi connectivity index (χ1v) is 9.14. The number of hydrogen-bond donors (Lipinski definition) is 1. The summed E-state index contributed by atoms with van der Waals surface area (Å²) < 4.78 is 2.23. The van der Waals surface area contributed by atoms with Crippen molar-refractivity contribution in [3.8, 4) is 0 Å². The summed E-state index contributed by atoms with van der Waals surface area (Å²) in [5.74, 6) is 0. The minimum Gasteiger partial charge on any atom is -0.310 e. The molecular weight excluding hydrogens is 462 g/mol. The highest BCUT2D eigenvalue weighted by atomic mass is 127. The molecule has 112 valence electrons. The Bertz CT molecular complexity index is 589. The lowest BCUT2D eigenvalue weighted by atomic mass is 10.0. The van der Waals surface area contributed by atoms with Crippen molar-refractivity contribution < 1.29 is 0 Å². The maximum atomic E-state index is 6.17. The van der Waals surface area contributed by atoms with Crippen LogP contribution in [0.15, 0.2) is 41.0 Å². The summed E-state index contributed by atoms with van der Waals surface area (Å²) in [7, 11) is 0. The molecule has 0 spiro atoms. The maximum Gasteiger partial charge on any atom is 0.0423 e. The van der Waals surface area contributed by atoms with Gasteiger partial charge in [-0.1, -0.05) is 18.5 Å². The van der Waals surface area contributed by atoms with Crippen LogP contribution in [-0.2, 0) is 6.42 Å². The van der Waals surface area contributed by atoms with Gasteiger partial charge in [-0.15, -0.1) is 0 Å². The van der Waals surface area contributed by atoms with Gasteiger partial charge in [0.05, 0.1) is 0 Å². The summed E-state index contributed by atoms with van der Waals surface area (Å²) >= 11 is 12.0. The van der Waals surface area contributed by atoms with Gasteiger partial charge in [-0.3, -0.25) is 4.98 Å². The summed E-state index contributed by atoms with van der Waals surface area (Å²) in [6.45, 7) is 3.15. The third-order valence-corrected chi connectivity index (χ3v) is 4.86. The Morgan fingerprint density at radius 1 is 1.33 bits per heavy atom. The van der Waals surface area contributed by atoms with E-state index in [-0.39, 0.29) is 6.04 Å². The van der Waals surface area contributed by atoms with Crippen molar-refractivity contribution in [1.82, 2.24) is 10.3 Å². The fraction of sp³-hybridized carbons (Fsp3) is 0.312. The van der Waals surface area contributed by atoms with Crippen LogP contribution in [0.1, 0.15) is 30.6 Å². The van der Waals surface area contributed by atoms with Gasteiger partial charge in [-0.05, 0) is 87.4 Å². The molecule has 5 heteroatoms. The number of benzene rings is 1. The monoisotopic (exact) mass is 478 g/mol. The van der Waals surface area contributed by atoms with Gasteiger partial charge in [-0.2, -0.15) is 0 Å². The molecule has 0 bridgehead atoms. The third-order valence-electron chi connectivity index (χ3n) is 3.18. The van der Waals surface area contributed by atoms with E-state index in [0.717, 1.165) is 34.6 Å². The van der Waals surface area contributed by atoms with Crippen LogP contribution in [0.5, 0.6) is 0 Å². The quantitative estimate of drug-likeness (QED) is 0.563. The Labute approximate surface area is 153 Å². The van der Waals surface area contributed by atoms with Gasteiger partial charge in [0.25, 0.3) is 0 Å². The van der Waals surface area contributed by atoms with E-state index in [1.54, 1.807) is 0 Å². The van der Waals surface area contributed by atoms with Gasteiger partial charge < -0.3 is 5.32 Å². The molecule has 0 saturated carbocycles. The fourth-order valence-corrected chi connectivity index (χ4v) is 3.26. The smallest absolute Gasteiger partial charge is 0.0423 e. The van der Waals surface area contributed by atoms with Crippen LogP contribution in [0.3, 0.4) is 0 Å². The minimum atomic E-state index is 0.226. The van der Waals surface area contributed by atoms with E-state index in [2.05, 4.69) is 73.9 Å². The number of nitrogens with zero attached hydrogens (tertiary/aromatic N) is 1. The summed E-state index contributed by atoms with van der Waals surface area (Å²) in [5, 5.41) is 4.38. The molecule has 1 atom stereocenters. The molecule has 0 radical (unpaired) electrons. The first-order chi connectivity index (χ1) is 10.1. The van der Waals surface area contributed by atoms with E-state index in [0.29, 0.717) is 0 Å². The number of pyridine rings is 1. The van der Waals surface area contributed by atoms with E-state index < -0.39 is 0 Å². The number of rotatable bonds is 6. The zero-order valence-corrected chi connectivity index (χ0v) is 16.2. The van der Waals surface area contributed by atoms with Crippen molar-refractivity contribution in [1.29, 1.82) is 0 Å². The minimum absolute atomic E-state index is 0.226. The number of aromatic nitrogens is 1. The van der Waals surface area contributed by atoms with E-state index in [4.69, 9.17) is 11.6 Å². The topological polar surface area (TPSA) is 24.9 Å². The molecule has 2 rings (SSSR count). The van der Waals surface area contributed by atoms with E-state index in [1.807, 2.05) is 18.3 Å². The molecule has 21 heavy (non-hydrogen) atoms. The molecule has 0 saturated heterocycles. The first-order valence-electron chi connectivity index (χ1n) is 6.89. The maximum absolute atomic E-state index is 6.17. The number of halogens is 3. The lowest BCUT2D eigenvalue weighted by Gasteiger charge is -2.20. The van der Waals surface area contributed by atoms with Crippen LogP contribution >= 0.6 is 50.1 Å². The second-order valence-corrected chi connectivity index (χ2v) is 7.36. The van der Waals surface area contributed by atoms with Crippen LogP contribution in [-0.4, -0.2) is 11.5 Å². The standard InChI is InChI=1S/C16H17BrClIN2/c1-2-7-20-16(9-13-5-3-11(17)10-21-13)14-8-12(18)4-6-15(14)19/h3-6,8,10,16,20H,2,7,9H2,1H3. The van der Waals surface area contributed by atoms with Crippen LogP contribution in [0.4, 0.5) is 0 Å². The summed E-state index contributed by atoms with van der Waals surface area (Å²) in [5.41, 5.74) is 2.31. The Morgan fingerprint density at radius 3 is 2.81 bits per heavy atom. The highest BCUT2D eigenvalue weighted by Gasteiger charge is 2.15. The zero-order chi connectivity index (χ0) is 15.2. The second-order valence-electron chi connectivity index (χ2n) is 4.84. The molecule has 0 fully saturated rings. The van der Waals surface area contributed by atoms with Gasteiger partial charge in [0.15, 0.2) is 0 Å². The molecule has 1 aromatic carbocycles. The molecule has 0 aliphatic rings. The highest BCUT2D eigenvalue weighted by Crippen LogP contribution is 2.26. The average Bonchev–Trinajstić information content (AvgIpc) is 2.48. The largest absolute Gasteiger partial charge is 0.310 e. The van der Waals surface area contributed by atoms with Crippen molar-refractivity contribution in [2.45, 2.75) is 25.8 Å². The summed E-state index contributed by atoms with van der Waals surface area (Å²) in [6, 6.07) is 10.4. The predicted molar refractivity (Wildman–Crippen MR) is 101 cm³/mol. The summed E-state index contributed by atoms with van der Waals surface area (Å²) in [6.07, 6.45) is 3.79. The van der Waals surface area contributed by atoms with Crippen molar-refractivity contribution in [2.75, 3.05) is 6.54 Å². The molecule has 1 aromatic heterocycles. The highest BCUT2D eigenvalue weighted by molar-refractivity contribution is 14.1. The molecule has 0 aliphatic heterocycles. The van der Waals surface area contributed by atoms with Crippen molar-refractivity contribution in [3.63, 3.8) is 0 Å². The van der Waals surface area contributed by atoms with Crippen LogP contribution in [0, 0.1) is 3.57 Å². The third kappa shape index (κ3) is 5.20. The van der Waals surface area contributed by atoms with Crippen LogP contribution in [0.25, 0.3) is 0 Å². The van der Waals surface area contributed by atoms with Gasteiger partial charge in [0.2, 0.25) is 0 Å². The molecular formula is C16H17BrClIN2. The predicted octanol–water partition coefficient (Wildman–Crippen LogP) is 5.39. The molecule has 1 heterocycles. The number of nitrogens with one attached hydrogen (secondary N) is 1. The molecule has 2 nitrogen and oxygen atoms in total. The SMILES string of the molecule is CCCNC(Cc1ccc(Br)cn1)c1cc(Cl)ccc1I. The lowest BCUT2D eigenvalue weighted by molar-refractivity contribution is 0.522. The fourth-order valence-electron chi connectivity index (χ4n) is 2.13.